The molecule has 0 aliphatic carbocycles. The van der Waals surface area contributed by atoms with Crippen molar-refractivity contribution in [2.45, 2.75) is 64.2 Å². The first-order chi connectivity index (χ1) is 14.7. The quantitative estimate of drug-likeness (QED) is 0.167. The second kappa shape index (κ2) is 14.9. The number of methoxy groups -OCH3 is 2. The molecule has 2 aromatic rings. The van der Waals surface area contributed by atoms with Crippen molar-refractivity contribution in [2.24, 2.45) is 0 Å². The molecule has 0 aliphatic rings. The number of unbranched alkanes of at least 4 members (excludes halogenated alkanes) is 6. The number of ether oxygens (including phenoxy) is 2. The van der Waals surface area contributed by atoms with Gasteiger partial charge in [-0.3, -0.25) is 0 Å². The van der Waals surface area contributed by atoms with Crippen LogP contribution in [0.2, 0.25) is 0 Å². The van der Waals surface area contributed by atoms with E-state index in [2.05, 4.69) is 68.3 Å². The second-order valence-corrected chi connectivity index (χ2v) is 9.35. The standard InChI is InChI=1S/C26H36Br2O2/c1-29-25-15-13-21(19-23(25)11-7-3-5-9-17-27)22-14-16-26(30-2)24(20-22)12-8-4-6-10-18-28/h13-16,19-20H,3-12,17-18H2,1-2H3. The van der Waals surface area contributed by atoms with Crippen LogP contribution in [0, 0.1) is 0 Å². The summed E-state index contributed by atoms with van der Waals surface area (Å²) in [6.45, 7) is 0. The molecule has 30 heavy (non-hydrogen) atoms. The molecule has 0 fully saturated rings. The molecule has 0 unspecified atom stereocenters. The van der Waals surface area contributed by atoms with E-state index in [1.54, 1.807) is 14.2 Å². The Bertz CT molecular complexity index is 682. The monoisotopic (exact) mass is 538 g/mol. The van der Waals surface area contributed by atoms with Gasteiger partial charge < -0.3 is 9.47 Å². The lowest BCUT2D eigenvalue weighted by Crippen LogP contribution is -1.96. The van der Waals surface area contributed by atoms with Gasteiger partial charge in [-0.15, -0.1) is 0 Å². The molecule has 0 aliphatic heterocycles. The Hall–Kier alpha value is -1.00. The Morgan fingerprint density at radius 2 is 0.967 bits per heavy atom. The van der Waals surface area contributed by atoms with Crippen LogP contribution in [0.15, 0.2) is 36.4 Å². The first kappa shape index (κ1) is 25.3. The number of rotatable bonds is 15. The maximum absolute atomic E-state index is 5.63. The molecule has 0 amide bonds. The van der Waals surface area contributed by atoms with Gasteiger partial charge in [0.15, 0.2) is 0 Å². The van der Waals surface area contributed by atoms with Crippen LogP contribution < -0.4 is 9.47 Å². The summed E-state index contributed by atoms with van der Waals surface area (Å²) in [4.78, 5) is 0. The Morgan fingerprint density at radius 3 is 1.33 bits per heavy atom. The molecule has 2 aromatic carbocycles. The van der Waals surface area contributed by atoms with Crippen LogP contribution >= 0.6 is 31.9 Å². The van der Waals surface area contributed by atoms with E-state index >= 15 is 0 Å². The van der Waals surface area contributed by atoms with E-state index in [9.17, 15) is 0 Å². The summed E-state index contributed by atoms with van der Waals surface area (Å²) in [5.74, 6) is 2.00. The van der Waals surface area contributed by atoms with E-state index in [1.807, 2.05) is 0 Å². The first-order valence-corrected chi connectivity index (χ1v) is 13.4. The van der Waals surface area contributed by atoms with E-state index in [1.165, 1.54) is 73.6 Å². The molecular formula is C26H36Br2O2. The van der Waals surface area contributed by atoms with Gasteiger partial charge in [0.25, 0.3) is 0 Å². The summed E-state index contributed by atoms with van der Waals surface area (Å²) >= 11 is 7.03. The van der Waals surface area contributed by atoms with Crippen LogP contribution in [0.5, 0.6) is 11.5 Å². The molecule has 2 nitrogen and oxygen atoms in total. The number of benzene rings is 2. The van der Waals surface area contributed by atoms with Crippen LogP contribution in [0.25, 0.3) is 11.1 Å². The van der Waals surface area contributed by atoms with Gasteiger partial charge in [-0.2, -0.15) is 0 Å². The SMILES string of the molecule is COc1ccc(-c2ccc(OC)c(CCCCCCBr)c2)cc1CCCCCCBr. The fourth-order valence-electron chi connectivity index (χ4n) is 3.83. The molecule has 0 bridgehead atoms. The van der Waals surface area contributed by atoms with Crippen molar-refractivity contribution in [3.05, 3.63) is 47.5 Å². The minimum atomic E-state index is 1.000. The highest BCUT2D eigenvalue weighted by atomic mass is 79.9. The van der Waals surface area contributed by atoms with Gasteiger partial charge in [0.2, 0.25) is 0 Å². The fourth-order valence-corrected chi connectivity index (χ4v) is 4.63. The minimum absolute atomic E-state index is 1.000. The van der Waals surface area contributed by atoms with Crippen LogP contribution in [0.1, 0.15) is 62.5 Å². The molecule has 166 valence electrons. The summed E-state index contributed by atoms with van der Waals surface area (Å²) < 4.78 is 11.3. The van der Waals surface area contributed by atoms with Crippen molar-refractivity contribution < 1.29 is 9.47 Å². The third-order valence-electron chi connectivity index (χ3n) is 5.55. The molecule has 2 rings (SSSR count). The Morgan fingerprint density at radius 1 is 0.567 bits per heavy atom. The van der Waals surface area contributed by atoms with Crippen molar-refractivity contribution in [3.63, 3.8) is 0 Å². The molecule has 0 heterocycles. The Balaban J connectivity index is 2.12. The number of hydrogen-bond acceptors (Lipinski definition) is 2. The average Bonchev–Trinajstić information content (AvgIpc) is 2.78. The minimum Gasteiger partial charge on any atom is -0.496 e. The normalized spacial score (nSPS) is 10.9. The third-order valence-corrected chi connectivity index (χ3v) is 6.68. The van der Waals surface area contributed by atoms with Crippen molar-refractivity contribution >= 4 is 31.9 Å². The van der Waals surface area contributed by atoms with Crippen molar-refractivity contribution in [2.75, 3.05) is 24.9 Å². The summed E-state index contributed by atoms with van der Waals surface area (Å²) in [6.07, 6.45) is 12.1. The lowest BCUT2D eigenvalue weighted by molar-refractivity contribution is 0.408. The highest BCUT2D eigenvalue weighted by molar-refractivity contribution is 9.09. The number of hydrogen-bond donors (Lipinski definition) is 0. The molecule has 0 saturated heterocycles. The predicted octanol–water partition coefficient (Wildman–Crippen LogP) is 8.37. The zero-order valence-electron chi connectivity index (χ0n) is 18.5. The maximum atomic E-state index is 5.63. The highest BCUT2D eigenvalue weighted by Gasteiger charge is 2.10. The van der Waals surface area contributed by atoms with Crippen molar-refractivity contribution in [3.8, 4) is 22.6 Å². The summed E-state index contributed by atoms with van der Waals surface area (Å²) in [5.41, 5.74) is 5.13. The molecule has 0 atom stereocenters. The van der Waals surface area contributed by atoms with E-state index in [0.717, 1.165) is 35.0 Å². The van der Waals surface area contributed by atoms with E-state index in [-0.39, 0.29) is 0 Å². The van der Waals surface area contributed by atoms with E-state index in [0.29, 0.717) is 0 Å². The van der Waals surface area contributed by atoms with E-state index in [4.69, 9.17) is 9.47 Å². The van der Waals surface area contributed by atoms with Gasteiger partial charge in [0.05, 0.1) is 14.2 Å². The van der Waals surface area contributed by atoms with Crippen molar-refractivity contribution in [1.82, 2.24) is 0 Å². The fraction of sp³-hybridized carbons (Fsp3) is 0.538. The summed E-state index contributed by atoms with van der Waals surface area (Å²) in [6, 6.07) is 13.2. The Kier molecular flexibility index (Phi) is 12.6. The summed E-state index contributed by atoms with van der Waals surface area (Å²) in [7, 11) is 3.54. The van der Waals surface area contributed by atoms with Crippen LogP contribution in [-0.4, -0.2) is 24.9 Å². The maximum Gasteiger partial charge on any atom is 0.122 e. The van der Waals surface area contributed by atoms with Crippen LogP contribution in [-0.2, 0) is 12.8 Å². The highest BCUT2D eigenvalue weighted by Crippen LogP contribution is 2.31. The lowest BCUT2D eigenvalue weighted by atomic mass is 9.96. The van der Waals surface area contributed by atoms with E-state index < -0.39 is 0 Å². The van der Waals surface area contributed by atoms with Gasteiger partial charge in [-0.25, -0.2) is 0 Å². The smallest absolute Gasteiger partial charge is 0.122 e. The van der Waals surface area contributed by atoms with Crippen LogP contribution in [0.4, 0.5) is 0 Å². The Labute approximate surface area is 200 Å². The number of alkyl halides is 2. The van der Waals surface area contributed by atoms with Gasteiger partial charge in [-0.05, 0) is 85.0 Å². The summed E-state index contributed by atoms with van der Waals surface area (Å²) in [5, 5.41) is 2.20. The zero-order valence-corrected chi connectivity index (χ0v) is 21.7. The largest absolute Gasteiger partial charge is 0.496 e. The van der Waals surface area contributed by atoms with Gasteiger partial charge in [-0.1, -0.05) is 69.7 Å². The zero-order chi connectivity index (χ0) is 21.6. The molecule has 4 heteroatoms. The van der Waals surface area contributed by atoms with Gasteiger partial charge >= 0.3 is 0 Å². The molecule has 0 spiro atoms. The topological polar surface area (TPSA) is 18.5 Å². The van der Waals surface area contributed by atoms with Crippen molar-refractivity contribution in [1.29, 1.82) is 0 Å². The molecule has 0 radical (unpaired) electrons. The number of halogens is 2. The van der Waals surface area contributed by atoms with Gasteiger partial charge in [0, 0.05) is 10.7 Å². The van der Waals surface area contributed by atoms with Crippen LogP contribution in [0.3, 0.4) is 0 Å². The third kappa shape index (κ3) is 8.26. The average molecular weight is 540 g/mol. The second-order valence-electron chi connectivity index (χ2n) is 7.76. The van der Waals surface area contributed by atoms with Gasteiger partial charge in [0.1, 0.15) is 11.5 Å². The predicted molar refractivity (Wildman–Crippen MR) is 137 cm³/mol. The molecule has 0 aromatic heterocycles. The molecule has 0 N–H and O–H groups in total. The molecular weight excluding hydrogens is 504 g/mol. The molecule has 0 saturated carbocycles. The number of aryl methyl sites for hydroxylation is 2. The first-order valence-electron chi connectivity index (χ1n) is 11.2. The lowest BCUT2D eigenvalue weighted by Gasteiger charge is -2.14.